The number of nitrogens with zero attached hydrogens (tertiary/aromatic N) is 1. The van der Waals surface area contributed by atoms with E-state index in [0.29, 0.717) is 0 Å². The molecule has 0 aliphatic heterocycles. The fourth-order valence-corrected chi connectivity index (χ4v) is 1.93. The van der Waals surface area contributed by atoms with E-state index in [9.17, 15) is 4.79 Å². The Kier molecular flexibility index (Phi) is 2.52. The number of nitrogens with one attached hydrogen (secondary N) is 1. The summed E-state index contributed by atoms with van der Waals surface area (Å²) in [6, 6.07) is 5.89. The molecule has 0 aliphatic rings. The Morgan fingerprint density at radius 2 is 2.07 bits per heavy atom. The molecule has 0 atom stereocenters. The van der Waals surface area contributed by atoms with Crippen LogP contribution in [-0.2, 0) is 0 Å². The lowest BCUT2D eigenvalue weighted by molar-refractivity contribution is 0.938. The number of hydrogen-bond acceptors (Lipinski definition) is 1. The van der Waals surface area contributed by atoms with E-state index in [4.69, 9.17) is 0 Å². The predicted octanol–water partition coefficient (Wildman–Crippen LogP) is 2.54. The van der Waals surface area contributed by atoms with Crippen molar-refractivity contribution >= 4 is 15.9 Å². The first-order chi connectivity index (χ1) is 7.09. The number of halogens is 1. The maximum Gasteiger partial charge on any atom is 0.330 e. The summed E-state index contributed by atoms with van der Waals surface area (Å²) in [6.07, 6.45) is 1.71. The zero-order valence-electron chi connectivity index (χ0n) is 8.54. The van der Waals surface area contributed by atoms with Gasteiger partial charge in [0.25, 0.3) is 0 Å². The number of aromatic amines is 1. The van der Waals surface area contributed by atoms with E-state index in [1.54, 1.807) is 10.8 Å². The normalized spacial score (nSPS) is 10.6. The molecule has 0 saturated heterocycles. The summed E-state index contributed by atoms with van der Waals surface area (Å²) in [6.45, 7) is 3.89. The maximum absolute atomic E-state index is 11.6. The van der Waals surface area contributed by atoms with E-state index in [1.165, 1.54) is 0 Å². The Labute approximate surface area is 95.9 Å². The van der Waals surface area contributed by atoms with Gasteiger partial charge in [-0.3, -0.25) is 4.57 Å². The molecule has 0 bridgehead atoms. The van der Waals surface area contributed by atoms with Crippen LogP contribution in [0.5, 0.6) is 0 Å². The molecule has 0 amide bonds. The van der Waals surface area contributed by atoms with Gasteiger partial charge < -0.3 is 4.98 Å². The van der Waals surface area contributed by atoms with Crippen LogP contribution < -0.4 is 5.69 Å². The summed E-state index contributed by atoms with van der Waals surface area (Å²) >= 11 is 3.41. The van der Waals surface area contributed by atoms with Gasteiger partial charge in [-0.05, 0) is 31.5 Å². The van der Waals surface area contributed by atoms with E-state index in [1.807, 2.05) is 32.0 Å². The molecule has 2 rings (SSSR count). The molecule has 1 aromatic carbocycles. The first kappa shape index (κ1) is 10.2. The van der Waals surface area contributed by atoms with Crippen LogP contribution in [0, 0.1) is 13.8 Å². The first-order valence-corrected chi connectivity index (χ1v) is 5.42. The lowest BCUT2D eigenvalue weighted by Crippen LogP contribution is -2.16. The monoisotopic (exact) mass is 266 g/mol. The third-order valence-electron chi connectivity index (χ3n) is 2.37. The van der Waals surface area contributed by atoms with Crippen molar-refractivity contribution in [3.8, 4) is 5.69 Å². The van der Waals surface area contributed by atoms with E-state index >= 15 is 0 Å². The predicted molar refractivity (Wildman–Crippen MR) is 63.6 cm³/mol. The van der Waals surface area contributed by atoms with Gasteiger partial charge >= 0.3 is 5.69 Å². The fourth-order valence-electron chi connectivity index (χ4n) is 1.58. The van der Waals surface area contributed by atoms with Crippen LogP contribution in [0.25, 0.3) is 5.69 Å². The Morgan fingerprint density at radius 1 is 1.33 bits per heavy atom. The Morgan fingerprint density at radius 3 is 2.67 bits per heavy atom. The smallest absolute Gasteiger partial charge is 0.312 e. The van der Waals surface area contributed by atoms with Gasteiger partial charge in [0.1, 0.15) is 0 Å². The Hall–Kier alpha value is -1.29. The number of rotatable bonds is 1. The summed E-state index contributed by atoms with van der Waals surface area (Å²) in [5, 5.41) is 0. The number of H-pyrrole nitrogens is 1. The number of imidazole rings is 1. The lowest BCUT2D eigenvalue weighted by atomic mass is 10.2. The van der Waals surface area contributed by atoms with E-state index in [-0.39, 0.29) is 5.69 Å². The Balaban J connectivity index is 2.74. The largest absolute Gasteiger partial charge is 0.330 e. The maximum atomic E-state index is 11.6. The molecule has 15 heavy (non-hydrogen) atoms. The van der Waals surface area contributed by atoms with Crippen molar-refractivity contribution in [1.29, 1.82) is 0 Å². The van der Waals surface area contributed by atoms with E-state index < -0.39 is 0 Å². The van der Waals surface area contributed by atoms with Gasteiger partial charge in [0.2, 0.25) is 0 Å². The summed E-state index contributed by atoms with van der Waals surface area (Å²) < 4.78 is 2.63. The SMILES string of the molecule is Cc1ccc(Br)cc1-n1c(C)c[nH]c1=O. The van der Waals surface area contributed by atoms with Crippen LogP contribution in [-0.4, -0.2) is 9.55 Å². The molecule has 1 aromatic heterocycles. The quantitative estimate of drug-likeness (QED) is 0.847. The first-order valence-electron chi connectivity index (χ1n) is 4.63. The van der Waals surface area contributed by atoms with Crippen LogP contribution in [0.3, 0.4) is 0 Å². The molecule has 1 heterocycles. The van der Waals surface area contributed by atoms with Crippen molar-refractivity contribution in [3.63, 3.8) is 0 Å². The average molecular weight is 267 g/mol. The number of benzene rings is 1. The molecule has 4 heteroatoms. The molecular formula is C11H11BrN2O. The van der Waals surface area contributed by atoms with E-state index in [0.717, 1.165) is 21.4 Å². The highest BCUT2D eigenvalue weighted by Crippen LogP contribution is 2.19. The highest BCUT2D eigenvalue weighted by atomic mass is 79.9. The third-order valence-corrected chi connectivity index (χ3v) is 2.87. The zero-order chi connectivity index (χ0) is 11.0. The zero-order valence-corrected chi connectivity index (χ0v) is 10.1. The second-order valence-electron chi connectivity index (χ2n) is 3.50. The second kappa shape index (κ2) is 3.70. The van der Waals surface area contributed by atoms with Crippen molar-refractivity contribution in [2.24, 2.45) is 0 Å². The molecule has 0 saturated carbocycles. The minimum atomic E-state index is -0.103. The van der Waals surface area contributed by atoms with Crippen molar-refractivity contribution < 1.29 is 0 Å². The van der Waals surface area contributed by atoms with Crippen LogP contribution >= 0.6 is 15.9 Å². The van der Waals surface area contributed by atoms with Crippen LogP contribution in [0.1, 0.15) is 11.3 Å². The van der Waals surface area contributed by atoms with Gasteiger partial charge in [0.15, 0.2) is 0 Å². The number of hydrogen-bond donors (Lipinski definition) is 1. The average Bonchev–Trinajstić information content (AvgIpc) is 2.51. The van der Waals surface area contributed by atoms with Crippen molar-refractivity contribution in [1.82, 2.24) is 9.55 Å². The minimum absolute atomic E-state index is 0.103. The molecule has 0 unspecified atom stereocenters. The van der Waals surface area contributed by atoms with Gasteiger partial charge in [-0.2, -0.15) is 0 Å². The summed E-state index contributed by atoms with van der Waals surface area (Å²) in [7, 11) is 0. The highest BCUT2D eigenvalue weighted by Gasteiger charge is 2.07. The number of aryl methyl sites for hydroxylation is 2. The third kappa shape index (κ3) is 1.77. The van der Waals surface area contributed by atoms with Crippen molar-refractivity contribution in [2.75, 3.05) is 0 Å². The highest BCUT2D eigenvalue weighted by molar-refractivity contribution is 9.10. The molecule has 3 nitrogen and oxygen atoms in total. The Bertz CT molecular complexity index is 554. The topological polar surface area (TPSA) is 37.8 Å². The summed E-state index contributed by atoms with van der Waals surface area (Å²) in [5.74, 6) is 0. The standard InChI is InChI=1S/C11H11BrN2O/c1-7-3-4-9(12)5-10(7)14-8(2)6-13-11(14)15/h3-6H,1-2H3,(H,13,15). The van der Waals surface area contributed by atoms with Crippen molar-refractivity contribution in [2.45, 2.75) is 13.8 Å². The molecule has 0 fully saturated rings. The van der Waals surface area contributed by atoms with Gasteiger partial charge in [-0.1, -0.05) is 22.0 Å². The van der Waals surface area contributed by atoms with Crippen molar-refractivity contribution in [3.05, 3.63) is 50.6 Å². The van der Waals surface area contributed by atoms with Gasteiger partial charge in [0, 0.05) is 16.4 Å². The molecule has 78 valence electrons. The van der Waals surface area contributed by atoms with Gasteiger partial charge in [-0.25, -0.2) is 4.79 Å². The van der Waals surface area contributed by atoms with Gasteiger partial charge in [0.05, 0.1) is 5.69 Å². The molecule has 0 spiro atoms. The van der Waals surface area contributed by atoms with Crippen LogP contribution in [0.2, 0.25) is 0 Å². The molecule has 0 radical (unpaired) electrons. The summed E-state index contributed by atoms with van der Waals surface area (Å²) in [5.41, 5.74) is 2.78. The molecule has 2 aromatic rings. The fraction of sp³-hybridized carbons (Fsp3) is 0.182. The lowest BCUT2D eigenvalue weighted by Gasteiger charge is -2.08. The van der Waals surface area contributed by atoms with Gasteiger partial charge in [-0.15, -0.1) is 0 Å². The molecule has 1 N–H and O–H groups in total. The second-order valence-corrected chi connectivity index (χ2v) is 4.42. The van der Waals surface area contributed by atoms with Crippen LogP contribution in [0.15, 0.2) is 33.7 Å². The molecule has 0 aliphatic carbocycles. The minimum Gasteiger partial charge on any atom is -0.312 e. The number of aromatic nitrogens is 2. The molecular weight excluding hydrogens is 256 g/mol. The van der Waals surface area contributed by atoms with E-state index in [2.05, 4.69) is 20.9 Å². The summed E-state index contributed by atoms with van der Waals surface area (Å²) in [4.78, 5) is 14.3. The van der Waals surface area contributed by atoms with Crippen LogP contribution in [0.4, 0.5) is 0 Å².